The largest absolute Gasteiger partial charge is 0.338 e. The van der Waals surface area contributed by atoms with Crippen LogP contribution in [0.25, 0.3) is 0 Å². The second-order valence-electron chi connectivity index (χ2n) is 6.66. The van der Waals surface area contributed by atoms with E-state index in [0.717, 1.165) is 43.7 Å². The monoisotopic (exact) mass is 324 g/mol. The lowest BCUT2D eigenvalue weighted by Gasteiger charge is -2.32. The third-order valence-corrected chi connectivity index (χ3v) is 4.41. The van der Waals surface area contributed by atoms with Crippen molar-refractivity contribution in [2.75, 3.05) is 27.2 Å². The zero-order valence-electron chi connectivity index (χ0n) is 14.4. The van der Waals surface area contributed by atoms with Crippen molar-refractivity contribution in [3.8, 4) is 0 Å². The first kappa shape index (κ1) is 16.6. The van der Waals surface area contributed by atoms with E-state index in [-0.39, 0.29) is 11.8 Å². The Labute approximate surface area is 143 Å². The quantitative estimate of drug-likeness (QED) is 0.867. The summed E-state index contributed by atoms with van der Waals surface area (Å²) in [5.41, 5.74) is 2.96. The van der Waals surface area contributed by atoms with Crippen LogP contribution in [0.15, 0.2) is 42.9 Å². The van der Waals surface area contributed by atoms with E-state index in [0.29, 0.717) is 0 Å². The van der Waals surface area contributed by atoms with Gasteiger partial charge in [0.1, 0.15) is 0 Å². The number of amides is 1. The van der Waals surface area contributed by atoms with Crippen molar-refractivity contribution in [3.63, 3.8) is 0 Å². The van der Waals surface area contributed by atoms with Crippen molar-refractivity contribution in [1.82, 2.24) is 19.8 Å². The van der Waals surface area contributed by atoms with Crippen LogP contribution in [0.1, 0.15) is 40.4 Å². The zero-order chi connectivity index (χ0) is 16.9. The van der Waals surface area contributed by atoms with E-state index >= 15 is 0 Å². The van der Waals surface area contributed by atoms with Crippen LogP contribution in [0.4, 0.5) is 0 Å². The highest BCUT2D eigenvalue weighted by Gasteiger charge is 2.26. The Balaban J connectivity index is 1.68. The fourth-order valence-electron chi connectivity index (χ4n) is 3.22. The first-order valence-electron chi connectivity index (χ1n) is 8.42. The van der Waals surface area contributed by atoms with E-state index in [2.05, 4.69) is 14.9 Å². The van der Waals surface area contributed by atoms with Crippen molar-refractivity contribution < 1.29 is 4.79 Å². The van der Waals surface area contributed by atoms with Crippen LogP contribution in [0.5, 0.6) is 0 Å². The number of carbonyl (C=O) groups is 1. The molecule has 0 aliphatic carbocycles. The summed E-state index contributed by atoms with van der Waals surface area (Å²) in [6, 6.07) is 7.95. The van der Waals surface area contributed by atoms with Crippen LogP contribution in [0, 0.1) is 0 Å². The molecule has 0 saturated carbocycles. The van der Waals surface area contributed by atoms with Crippen molar-refractivity contribution in [1.29, 1.82) is 0 Å². The maximum absolute atomic E-state index is 12.8. The van der Waals surface area contributed by atoms with Crippen LogP contribution < -0.4 is 0 Å². The molecule has 0 unspecified atom stereocenters. The lowest BCUT2D eigenvalue weighted by Crippen LogP contribution is -2.39. The number of piperidine rings is 1. The molecule has 1 fully saturated rings. The first-order chi connectivity index (χ1) is 11.6. The Morgan fingerprint density at radius 1 is 1.25 bits per heavy atom. The third-order valence-electron chi connectivity index (χ3n) is 4.41. The lowest BCUT2D eigenvalue weighted by atomic mass is 9.94. The van der Waals surface area contributed by atoms with Crippen LogP contribution in [-0.2, 0) is 6.54 Å². The van der Waals surface area contributed by atoms with Crippen LogP contribution in [0.3, 0.4) is 0 Å². The van der Waals surface area contributed by atoms with Gasteiger partial charge >= 0.3 is 0 Å². The Morgan fingerprint density at radius 3 is 2.71 bits per heavy atom. The van der Waals surface area contributed by atoms with Crippen molar-refractivity contribution in [3.05, 3.63) is 59.7 Å². The minimum atomic E-state index is 0.111. The Hall–Kier alpha value is -2.27. The highest BCUT2D eigenvalue weighted by molar-refractivity contribution is 5.94. The number of nitrogens with zero attached hydrogens (tertiary/aromatic N) is 4. The minimum Gasteiger partial charge on any atom is -0.338 e. The summed E-state index contributed by atoms with van der Waals surface area (Å²) in [7, 11) is 4.08. The summed E-state index contributed by atoms with van der Waals surface area (Å²) in [6.45, 7) is 2.42. The zero-order valence-corrected chi connectivity index (χ0v) is 14.4. The Morgan fingerprint density at radius 2 is 2.04 bits per heavy atom. The molecule has 3 rings (SSSR count). The fraction of sp³-hybridized carbons (Fsp3) is 0.421. The molecular weight excluding hydrogens is 300 g/mol. The number of hydrogen-bond acceptors (Lipinski definition) is 4. The molecule has 0 N–H and O–H groups in total. The van der Waals surface area contributed by atoms with Gasteiger partial charge in [-0.15, -0.1) is 0 Å². The van der Waals surface area contributed by atoms with Gasteiger partial charge in [0, 0.05) is 49.7 Å². The van der Waals surface area contributed by atoms with Gasteiger partial charge in [-0.25, -0.2) is 0 Å². The van der Waals surface area contributed by atoms with E-state index in [9.17, 15) is 4.79 Å². The predicted molar refractivity (Wildman–Crippen MR) is 93.7 cm³/mol. The summed E-state index contributed by atoms with van der Waals surface area (Å²) >= 11 is 0. The van der Waals surface area contributed by atoms with Gasteiger partial charge in [0.05, 0.1) is 5.69 Å². The lowest BCUT2D eigenvalue weighted by molar-refractivity contribution is 0.0705. The molecule has 5 nitrogen and oxygen atoms in total. The van der Waals surface area contributed by atoms with Gasteiger partial charge in [-0.3, -0.25) is 14.8 Å². The molecule has 1 atom stereocenters. The molecule has 1 amide bonds. The number of hydrogen-bond donors (Lipinski definition) is 0. The molecule has 2 aromatic rings. The average Bonchev–Trinajstić information content (AvgIpc) is 2.62. The predicted octanol–water partition coefficient (Wildman–Crippen LogP) is 2.56. The van der Waals surface area contributed by atoms with Crippen LogP contribution in [0.2, 0.25) is 0 Å². The molecule has 1 aromatic carbocycles. The molecule has 1 aliphatic heterocycles. The molecule has 0 spiro atoms. The number of rotatable bonds is 4. The molecule has 1 aliphatic rings. The van der Waals surface area contributed by atoms with E-state index in [4.69, 9.17) is 0 Å². The van der Waals surface area contributed by atoms with Crippen LogP contribution >= 0.6 is 0 Å². The smallest absolute Gasteiger partial charge is 0.253 e. The Bertz CT molecular complexity index is 670. The first-order valence-corrected chi connectivity index (χ1v) is 8.42. The minimum absolute atomic E-state index is 0.111. The van der Waals surface area contributed by atoms with Gasteiger partial charge in [0.25, 0.3) is 5.91 Å². The molecular formula is C19H24N4O. The number of benzene rings is 1. The number of carbonyl (C=O) groups excluding carboxylic acids is 1. The summed E-state index contributed by atoms with van der Waals surface area (Å²) in [4.78, 5) is 25.4. The van der Waals surface area contributed by atoms with Gasteiger partial charge in [0.2, 0.25) is 0 Å². The summed E-state index contributed by atoms with van der Waals surface area (Å²) in [5.74, 6) is 0.393. The average molecular weight is 324 g/mol. The van der Waals surface area contributed by atoms with Crippen molar-refractivity contribution in [2.24, 2.45) is 0 Å². The van der Waals surface area contributed by atoms with Crippen LogP contribution in [-0.4, -0.2) is 52.9 Å². The molecule has 1 aromatic heterocycles. The third kappa shape index (κ3) is 3.97. The van der Waals surface area contributed by atoms with Crippen molar-refractivity contribution in [2.45, 2.75) is 25.3 Å². The topological polar surface area (TPSA) is 49.3 Å². The van der Waals surface area contributed by atoms with E-state index in [1.807, 2.05) is 49.5 Å². The van der Waals surface area contributed by atoms with Crippen molar-refractivity contribution >= 4 is 5.91 Å². The van der Waals surface area contributed by atoms with Gasteiger partial charge in [-0.05, 0) is 44.6 Å². The highest BCUT2D eigenvalue weighted by atomic mass is 16.2. The summed E-state index contributed by atoms with van der Waals surface area (Å²) in [6.07, 6.45) is 7.29. The second kappa shape index (κ2) is 7.53. The SMILES string of the molecule is CN(C)Cc1ccc(C(=O)N2CCC[C@H](c3cnccn3)C2)cc1. The van der Waals surface area contributed by atoms with Gasteiger partial charge in [-0.1, -0.05) is 12.1 Å². The maximum atomic E-state index is 12.8. The second-order valence-corrected chi connectivity index (χ2v) is 6.66. The Kier molecular flexibility index (Phi) is 5.20. The highest BCUT2D eigenvalue weighted by Crippen LogP contribution is 2.26. The molecule has 1 saturated heterocycles. The summed E-state index contributed by atoms with van der Waals surface area (Å²) < 4.78 is 0. The standard InChI is InChI=1S/C19H24N4O/c1-22(2)13-15-5-7-16(8-6-15)19(24)23-11-3-4-17(14-23)18-12-20-9-10-21-18/h5-10,12,17H,3-4,11,13-14H2,1-2H3/t17-/m0/s1. The van der Waals surface area contributed by atoms with Gasteiger partial charge in [-0.2, -0.15) is 0 Å². The molecule has 5 heteroatoms. The molecule has 0 bridgehead atoms. The number of likely N-dealkylation sites (tertiary alicyclic amines) is 1. The molecule has 24 heavy (non-hydrogen) atoms. The normalized spacial score (nSPS) is 18.0. The maximum Gasteiger partial charge on any atom is 0.253 e. The van der Waals surface area contributed by atoms with E-state index in [1.165, 1.54) is 5.56 Å². The summed E-state index contributed by atoms with van der Waals surface area (Å²) in [5, 5.41) is 0. The van der Waals surface area contributed by atoms with Gasteiger partial charge < -0.3 is 9.80 Å². The van der Waals surface area contributed by atoms with Gasteiger partial charge in [0.15, 0.2) is 0 Å². The fourth-order valence-corrected chi connectivity index (χ4v) is 3.22. The molecule has 0 radical (unpaired) electrons. The molecule has 126 valence electrons. The van der Waals surface area contributed by atoms with E-state index < -0.39 is 0 Å². The number of aromatic nitrogens is 2. The molecule has 2 heterocycles. The van der Waals surface area contributed by atoms with E-state index in [1.54, 1.807) is 12.4 Å².